The molecule has 5 N–H and O–H groups in total. The van der Waals surface area contributed by atoms with E-state index in [1.54, 1.807) is 0 Å². The zero-order valence-electron chi connectivity index (χ0n) is 18.3. The first-order valence-electron chi connectivity index (χ1n) is 9.71. The van der Waals surface area contributed by atoms with Gasteiger partial charge in [-0.1, -0.05) is 5.16 Å². The molecule has 2 unspecified atom stereocenters. The van der Waals surface area contributed by atoms with E-state index >= 15 is 0 Å². The van der Waals surface area contributed by atoms with E-state index < -0.39 is 47.7 Å². The smallest absolute Gasteiger partial charge is 0.352 e. The van der Waals surface area contributed by atoms with Crippen LogP contribution in [0, 0.1) is 0 Å². The summed E-state index contributed by atoms with van der Waals surface area (Å²) in [6.07, 6.45) is 0. The molecular formula is C18H20N6O9S2. The number of carboxylic acids is 1. The highest BCUT2D eigenvalue weighted by Gasteiger charge is 2.54. The molecule has 1 saturated heterocycles. The lowest BCUT2D eigenvalue weighted by atomic mass is 10.0. The number of hydrogen-bond acceptors (Lipinski definition) is 13. The van der Waals surface area contributed by atoms with Gasteiger partial charge < -0.3 is 25.7 Å². The fourth-order valence-electron chi connectivity index (χ4n) is 3.09. The lowest BCUT2D eigenvalue weighted by Gasteiger charge is -2.49. The summed E-state index contributed by atoms with van der Waals surface area (Å²) in [4.78, 5) is 74.5. The molecule has 15 nitrogen and oxygen atoms in total. The number of hydrogen-bond donors (Lipinski definition) is 4. The highest BCUT2D eigenvalue weighted by Crippen LogP contribution is 2.40. The number of nitrogens with two attached hydrogens (primary N) is 1. The molecule has 1 fully saturated rings. The number of thioether (sulfide) groups is 1. The molecule has 3 rings (SSSR count). The van der Waals surface area contributed by atoms with E-state index in [0.717, 1.165) is 16.2 Å². The molecular weight excluding hydrogens is 508 g/mol. The number of ether oxygens (including phenoxy) is 1. The number of aliphatic carboxylic acids is 1. The number of carbonyl (C=O) groups excluding carboxylic acids is 4. The van der Waals surface area contributed by atoms with Gasteiger partial charge >= 0.3 is 11.9 Å². The SMILES string of the molecule is CONC(=O)CON=C(C(=O)NC1C(=O)N2C(C(=O)O)=C(COC(C)=O)CSC12)c1csc(N)n1. The predicted molar refractivity (Wildman–Crippen MR) is 120 cm³/mol. The van der Waals surface area contributed by atoms with Gasteiger partial charge in [-0.2, -0.15) is 0 Å². The molecule has 0 spiro atoms. The maximum absolute atomic E-state index is 12.9. The van der Waals surface area contributed by atoms with Crippen LogP contribution in [0.15, 0.2) is 21.8 Å². The third kappa shape index (κ3) is 5.87. The summed E-state index contributed by atoms with van der Waals surface area (Å²) in [6, 6.07) is -1.07. The van der Waals surface area contributed by atoms with E-state index in [-0.39, 0.29) is 40.2 Å². The molecule has 188 valence electrons. The Morgan fingerprint density at radius 2 is 2.11 bits per heavy atom. The highest BCUT2D eigenvalue weighted by molar-refractivity contribution is 8.00. The number of carboxylic acid groups (broad SMARTS) is 1. The number of amides is 3. The molecule has 2 aliphatic rings. The largest absolute Gasteiger partial charge is 0.477 e. The van der Waals surface area contributed by atoms with Crippen molar-refractivity contribution in [2.24, 2.45) is 5.16 Å². The van der Waals surface area contributed by atoms with Gasteiger partial charge in [0.2, 0.25) is 0 Å². The Kier molecular flexibility index (Phi) is 8.26. The topological polar surface area (TPSA) is 212 Å². The van der Waals surface area contributed by atoms with Crippen LogP contribution in [0.25, 0.3) is 0 Å². The van der Waals surface area contributed by atoms with E-state index in [1.165, 1.54) is 31.2 Å². The molecule has 0 saturated carbocycles. The van der Waals surface area contributed by atoms with Gasteiger partial charge in [-0.25, -0.2) is 15.3 Å². The molecule has 0 radical (unpaired) electrons. The number of nitrogens with one attached hydrogen (secondary N) is 2. The average molecular weight is 529 g/mol. The van der Waals surface area contributed by atoms with Crippen LogP contribution in [-0.2, 0) is 38.4 Å². The first kappa shape index (κ1) is 25.9. The first-order valence-corrected chi connectivity index (χ1v) is 11.6. The van der Waals surface area contributed by atoms with Crippen molar-refractivity contribution in [2.75, 3.05) is 31.8 Å². The van der Waals surface area contributed by atoms with E-state index in [9.17, 15) is 29.1 Å². The Labute approximate surface area is 205 Å². The van der Waals surface area contributed by atoms with Gasteiger partial charge in [0.05, 0.1) is 7.11 Å². The van der Waals surface area contributed by atoms with Crippen molar-refractivity contribution < 1.29 is 43.5 Å². The minimum Gasteiger partial charge on any atom is -0.477 e. The number of β-lactam (4-membered cyclic amide) rings is 1. The molecule has 3 amide bonds. The second-order valence-corrected chi connectivity index (χ2v) is 8.91. The number of hydroxylamine groups is 1. The maximum atomic E-state index is 12.9. The van der Waals surface area contributed by atoms with E-state index in [4.69, 9.17) is 15.3 Å². The summed E-state index contributed by atoms with van der Waals surface area (Å²) in [7, 11) is 1.23. The summed E-state index contributed by atoms with van der Waals surface area (Å²) in [5.41, 5.74) is 7.30. The molecule has 1 aromatic rings. The van der Waals surface area contributed by atoms with Crippen molar-refractivity contribution in [1.82, 2.24) is 20.7 Å². The van der Waals surface area contributed by atoms with Crippen molar-refractivity contribution in [2.45, 2.75) is 18.3 Å². The van der Waals surface area contributed by atoms with Crippen molar-refractivity contribution in [3.8, 4) is 0 Å². The lowest BCUT2D eigenvalue weighted by molar-refractivity contribution is -0.150. The standard InChI is InChI=1S/C18H20N6O9S2/c1-7(25)32-3-8-5-34-16-12(15(28)24(16)13(8)17(29)30)21-14(27)11(9-6-35-18(19)20-9)23-33-4-10(26)22-31-2/h6,12,16H,3-5H2,1-2H3,(H2,19,20)(H,21,27)(H,22,26)(H,29,30). The number of anilines is 1. The van der Waals surface area contributed by atoms with Gasteiger partial charge in [0, 0.05) is 23.6 Å². The number of thiazole rings is 1. The fraction of sp³-hybridized carbons (Fsp3) is 0.389. The van der Waals surface area contributed by atoms with Crippen LogP contribution >= 0.6 is 23.1 Å². The quantitative estimate of drug-likeness (QED) is 0.117. The summed E-state index contributed by atoms with van der Waals surface area (Å²) in [5.74, 6) is -3.99. The molecule has 0 bridgehead atoms. The molecule has 1 aromatic heterocycles. The Bertz CT molecular complexity index is 1120. The van der Waals surface area contributed by atoms with Gasteiger partial charge in [0.25, 0.3) is 17.7 Å². The lowest BCUT2D eigenvalue weighted by Crippen LogP contribution is -2.71. The van der Waals surface area contributed by atoms with Gasteiger partial charge in [-0.15, -0.1) is 23.1 Å². The normalized spacial score (nSPS) is 19.4. The van der Waals surface area contributed by atoms with Crippen molar-refractivity contribution in [3.63, 3.8) is 0 Å². The molecule has 3 heterocycles. The second kappa shape index (κ2) is 11.2. The fourth-order valence-corrected chi connectivity index (χ4v) is 4.97. The van der Waals surface area contributed by atoms with Crippen molar-refractivity contribution in [3.05, 3.63) is 22.3 Å². The first-order chi connectivity index (χ1) is 16.6. The number of fused-ring (bicyclic) bond motifs is 1. The Morgan fingerprint density at radius 3 is 2.71 bits per heavy atom. The zero-order chi connectivity index (χ0) is 25.7. The Morgan fingerprint density at radius 1 is 1.37 bits per heavy atom. The number of nitrogen functional groups attached to an aromatic ring is 1. The summed E-state index contributed by atoms with van der Waals surface area (Å²) in [5, 5.41) is 16.6. The Hall–Kier alpha value is -3.70. The summed E-state index contributed by atoms with van der Waals surface area (Å²) >= 11 is 2.22. The van der Waals surface area contributed by atoms with Crippen molar-refractivity contribution >= 4 is 63.6 Å². The highest BCUT2D eigenvalue weighted by atomic mass is 32.2. The summed E-state index contributed by atoms with van der Waals surface area (Å²) in [6.45, 7) is 0.340. The van der Waals surface area contributed by atoms with Crippen LogP contribution in [0.2, 0.25) is 0 Å². The van der Waals surface area contributed by atoms with Crippen molar-refractivity contribution in [1.29, 1.82) is 0 Å². The number of nitrogens with zero attached hydrogens (tertiary/aromatic N) is 3. The number of esters is 1. The van der Waals surface area contributed by atoms with Crippen LogP contribution in [0.3, 0.4) is 0 Å². The number of carbonyl (C=O) groups is 5. The van der Waals surface area contributed by atoms with E-state index in [1.807, 2.05) is 5.48 Å². The molecule has 0 aromatic carbocycles. The number of rotatable bonds is 10. The minimum atomic E-state index is -1.36. The predicted octanol–water partition coefficient (Wildman–Crippen LogP) is -1.57. The third-order valence-electron chi connectivity index (χ3n) is 4.53. The van der Waals surface area contributed by atoms with Crippen LogP contribution in [0.4, 0.5) is 5.13 Å². The molecule has 35 heavy (non-hydrogen) atoms. The second-order valence-electron chi connectivity index (χ2n) is 6.91. The summed E-state index contributed by atoms with van der Waals surface area (Å²) < 4.78 is 4.88. The Balaban J connectivity index is 1.75. The van der Waals surface area contributed by atoms with Gasteiger partial charge in [-0.05, 0) is 0 Å². The number of aromatic nitrogens is 1. The van der Waals surface area contributed by atoms with E-state index in [0.29, 0.717) is 0 Å². The van der Waals surface area contributed by atoms with Gasteiger partial charge in [0.15, 0.2) is 17.5 Å². The van der Waals surface area contributed by atoms with Crippen LogP contribution < -0.4 is 16.5 Å². The maximum Gasteiger partial charge on any atom is 0.352 e. The minimum absolute atomic E-state index is 0.0480. The van der Waals surface area contributed by atoms with E-state index in [2.05, 4.69) is 20.3 Å². The molecule has 2 aliphatic heterocycles. The average Bonchev–Trinajstić information content (AvgIpc) is 3.23. The number of oxime groups is 1. The monoisotopic (exact) mass is 528 g/mol. The van der Waals surface area contributed by atoms with Crippen LogP contribution in [0.5, 0.6) is 0 Å². The zero-order valence-corrected chi connectivity index (χ0v) is 19.9. The van der Waals surface area contributed by atoms with Crippen LogP contribution in [-0.4, -0.2) is 87.9 Å². The van der Waals surface area contributed by atoms with Gasteiger partial charge in [-0.3, -0.25) is 28.9 Å². The molecule has 17 heteroatoms. The third-order valence-corrected chi connectivity index (χ3v) is 6.55. The molecule has 2 atom stereocenters. The van der Waals surface area contributed by atoms with Crippen LogP contribution in [0.1, 0.15) is 12.6 Å². The van der Waals surface area contributed by atoms with Gasteiger partial charge in [0.1, 0.15) is 29.4 Å². The molecule has 0 aliphatic carbocycles.